The summed E-state index contributed by atoms with van der Waals surface area (Å²) in [6.45, 7) is 6.52. The Morgan fingerprint density at radius 1 is 0.857 bits per heavy atom. The van der Waals surface area contributed by atoms with Crippen LogP contribution in [-0.4, -0.2) is 28.6 Å². The highest BCUT2D eigenvalue weighted by molar-refractivity contribution is 5.97. The molecular formula is C17H42O4. The van der Waals surface area contributed by atoms with E-state index in [1.807, 2.05) is 6.92 Å². The summed E-state index contributed by atoms with van der Waals surface area (Å²) in [6, 6.07) is 0. The first-order valence-corrected chi connectivity index (χ1v) is 5.52. The van der Waals surface area contributed by atoms with Crippen LogP contribution in [0.3, 0.4) is 0 Å². The molecule has 1 atom stereocenters. The summed E-state index contributed by atoms with van der Waals surface area (Å²) in [7, 11) is 0. The molecule has 21 heavy (non-hydrogen) atoms. The van der Waals surface area contributed by atoms with Gasteiger partial charge < -0.3 is 5.11 Å². The van der Waals surface area contributed by atoms with E-state index in [1.54, 1.807) is 6.92 Å². The molecular weight excluding hydrogens is 268 g/mol. The topological polar surface area (TPSA) is 71.4 Å². The molecule has 0 aliphatic heterocycles. The van der Waals surface area contributed by atoms with Crippen LogP contribution in [-0.2, 0) is 14.4 Å². The third-order valence-electron chi connectivity index (χ3n) is 1.83. The van der Waals surface area contributed by atoms with Gasteiger partial charge in [-0.1, -0.05) is 51.0 Å². The average molecular weight is 311 g/mol. The van der Waals surface area contributed by atoms with E-state index in [0.717, 1.165) is 0 Å². The molecule has 0 saturated carbocycles. The number of aliphatic hydroxyl groups excluding tert-OH is 1. The molecule has 0 amide bonds. The van der Waals surface area contributed by atoms with Crippen LogP contribution < -0.4 is 0 Å². The average Bonchev–Trinajstić information content (AvgIpc) is 2.16. The summed E-state index contributed by atoms with van der Waals surface area (Å²) in [4.78, 5) is 30.8. The van der Waals surface area contributed by atoms with E-state index < -0.39 is 6.10 Å². The molecule has 0 radical (unpaired) electrons. The van der Waals surface area contributed by atoms with Gasteiger partial charge in [0, 0.05) is 12.8 Å². The molecule has 1 unspecified atom stereocenters. The molecule has 0 bridgehead atoms. The van der Waals surface area contributed by atoms with Crippen molar-refractivity contribution in [1.82, 2.24) is 0 Å². The Morgan fingerprint density at radius 2 is 1.24 bits per heavy atom. The van der Waals surface area contributed by atoms with Crippen LogP contribution in [0.1, 0.15) is 90.5 Å². The van der Waals surface area contributed by atoms with Gasteiger partial charge in [0.25, 0.3) is 0 Å². The zero-order chi connectivity index (χ0) is 13.1. The fraction of sp³-hybridized carbons (Fsp3) is 0.824. The number of Topliss-reactive ketones (excluding diaryl/α,β-unsaturated/α-hetero) is 3. The second-order valence-corrected chi connectivity index (χ2v) is 3.74. The van der Waals surface area contributed by atoms with Crippen LogP contribution in [0, 0.1) is 0 Å². The van der Waals surface area contributed by atoms with Crippen molar-refractivity contribution < 1.29 is 19.5 Å². The Bertz CT molecular complexity index is 235. The zero-order valence-corrected chi connectivity index (χ0v) is 10.6. The van der Waals surface area contributed by atoms with Crippen LogP contribution >= 0.6 is 0 Å². The van der Waals surface area contributed by atoms with Crippen molar-refractivity contribution in [3.05, 3.63) is 0 Å². The van der Waals surface area contributed by atoms with Gasteiger partial charge in [-0.2, -0.15) is 0 Å². The summed E-state index contributed by atoms with van der Waals surface area (Å²) < 4.78 is 0. The number of ketones is 3. The standard InChI is InChI=1S/C6H12O2.C6H10O2.5CH4/c2*1-3-6(8)4-5(2)7;;;;;/h6,8H,3-4H2,1-2H3;3-4H2,1-2H3;5*1H4. The third kappa shape index (κ3) is 45.4. The fourth-order valence-electron chi connectivity index (χ4n) is 0.879. The largest absolute Gasteiger partial charge is 0.393 e. The number of aliphatic hydroxyl groups is 1. The maximum absolute atomic E-state index is 10.4. The Labute approximate surface area is 134 Å². The van der Waals surface area contributed by atoms with E-state index in [0.29, 0.717) is 19.3 Å². The van der Waals surface area contributed by atoms with Crippen molar-refractivity contribution in [2.45, 2.75) is 96.6 Å². The summed E-state index contributed by atoms with van der Waals surface area (Å²) in [5.74, 6) is 0.0358. The van der Waals surface area contributed by atoms with E-state index in [9.17, 15) is 14.4 Å². The fourth-order valence-corrected chi connectivity index (χ4v) is 0.879. The van der Waals surface area contributed by atoms with Crippen molar-refractivity contribution in [1.29, 1.82) is 0 Å². The molecule has 4 nitrogen and oxygen atoms in total. The lowest BCUT2D eigenvalue weighted by Crippen LogP contribution is -2.08. The number of carbonyl (C=O) groups excluding carboxylic acids is 3. The van der Waals surface area contributed by atoms with Gasteiger partial charge in [-0.3, -0.25) is 14.4 Å². The predicted molar refractivity (Wildman–Crippen MR) is 95.8 cm³/mol. The first-order valence-electron chi connectivity index (χ1n) is 5.52. The lowest BCUT2D eigenvalue weighted by molar-refractivity contribution is -0.125. The normalized spacial score (nSPS) is 8.43. The summed E-state index contributed by atoms with van der Waals surface area (Å²) >= 11 is 0. The van der Waals surface area contributed by atoms with Crippen molar-refractivity contribution in [3.8, 4) is 0 Å². The molecule has 4 heteroatoms. The molecule has 0 aromatic heterocycles. The highest BCUT2D eigenvalue weighted by Crippen LogP contribution is 1.95. The molecule has 0 saturated heterocycles. The van der Waals surface area contributed by atoms with E-state index >= 15 is 0 Å². The highest BCUT2D eigenvalue weighted by atomic mass is 16.3. The van der Waals surface area contributed by atoms with Gasteiger partial charge in [0.1, 0.15) is 17.3 Å². The van der Waals surface area contributed by atoms with E-state index in [2.05, 4.69) is 0 Å². The number of hydrogen-bond donors (Lipinski definition) is 1. The SMILES string of the molecule is C.C.C.C.C.CCC(=O)CC(C)=O.CCC(O)CC(C)=O. The van der Waals surface area contributed by atoms with Crippen LogP contribution in [0.5, 0.6) is 0 Å². The van der Waals surface area contributed by atoms with Crippen molar-refractivity contribution in [2.24, 2.45) is 0 Å². The Hall–Kier alpha value is -1.03. The Morgan fingerprint density at radius 3 is 1.33 bits per heavy atom. The first-order chi connectivity index (χ1) is 7.33. The monoisotopic (exact) mass is 310 g/mol. The van der Waals surface area contributed by atoms with Gasteiger partial charge in [0.15, 0.2) is 0 Å². The van der Waals surface area contributed by atoms with Crippen molar-refractivity contribution >= 4 is 17.3 Å². The molecule has 0 heterocycles. The molecule has 0 spiro atoms. The highest BCUT2D eigenvalue weighted by Gasteiger charge is 2.02. The zero-order valence-electron chi connectivity index (χ0n) is 10.6. The van der Waals surface area contributed by atoms with E-state index in [-0.39, 0.29) is 60.9 Å². The summed E-state index contributed by atoms with van der Waals surface area (Å²) in [5, 5.41) is 8.81. The molecule has 0 aromatic carbocycles. The van der Waals surface area contributed by atoms with Crippen LogP contribution in [0.15, 0.2) is 0 Å². The quantitative estimate of drug-likeness (QED) is 0.711. The molecule has 0 aliphatic carbocycles. The van der Waals surface area contributed by atoms with Crippen LogP contribution in [0.25, 0.3) is 0 Å². The minimum absolute atomic E-state index is 0. The molecule has 0 aromatic rings. The second kappa shape index (κ2) is 27.3. The van der Waals surface area contributed by atoms with Crippen LogP contribution in [0.4, 0.5) is 0 Å². The van der Waals surface area contributed by atoms with E-state index in [1.165, 1.54) is 13.8 Å². The maximum atomic E-state index is 10.4. The summed E-state index contributed by atoms with van der Waals surface area (Å²) in [6.07, 6.45) is 1.12. The maximum Gasteiger partial charge on any atom is 0.139 e. The molecule has 134 valence electrons. The minimum Gasteiger partial charge on any atom is -0.393 e. The van der Waals surface area contributed by atoms with Crippen LogP contribution in [0.2, 0.25) is 0 Å². The van der Waals surface area contributed by atoms with Gasteiger partial charge in [-0.15, -0.1) is 0 Å². The van der Waals surface area contributed by atoms with Crippen molar-refractivity contribution in [3.63, 3.8) is 0 Å². The van der Waals surface area contributed by atoms with E-state index in [4.69, 9.17) is 5.11 Å². The molecule has 0 rings (SSSR count). The Kier molecular flexibility index (Phi) is 55.6. The lowest BCUT2D eigenvalue weighted by atomic mass is 10.1. The predicted octanol–water partition coefficient (Wildman–Crippen LogP) is 4.86. The lowest BCUT2D eigenvalue weighted by Gasteiger charge is -2.01. The van der Waals surface area contributed by atoms with Gasteiger partial charge in [0.05, 0.1) is 12.5 Å². The van der Waals surface area contributed by atoms with Gasteiger partial charge in [-0.05, 0) is 20.3 Å². The second-order valence-electron chi connectivity index (χ2n) is 3.74. The smallest absolute Gasteiger partial charge is 0.139 e. The number of rotatable bonds is 6. The summed E-state index contributed by atoms with van der Waals surface area (Å²) in [5.41, 5.74) is 0. The molecule has 0 aliphatic rings. The van der Waals surface area contributed by atoms with Gasteiger partial charge in [0.2, 0.25) is 0 Å². The molecule has 1 N–H and O–H groups in total. The van der Waals surface area contributed by atoms with Gasteiger partial charge >= 0.3 is 0 Å². The minimum atomic E-state index is -0.424. The number of hydrogen-bond acceptors (Lipinski definition) is 4. The van der Waals surface area contributed by atoms with Crippen molar-refractivity contribution in [2.75, 3.05) is 0 Å². The first kappa shape index (κ1) is 42.7. The Balaban J connectivity index is -0.0000000302. The number of carbonyl (C=O) groups is 3. The third-order valence-corrected chi connectivity index (χ3v) is 1.83. The molecule has 0 fully saturated rings. The van der Waals surface area contributed by atoms with Gasteiger partial charge in [-0.25, -0.2) is 0 Å².